The van der Waals surface area contributed by atoms with Crippen molar-refractivity contribution in [2.24, 2.45) is 0 Å². The molecule has 2 unspecified atom stereocenters. The second-order valence-corrected chi connectivity index (χ2v) is 12.6. The van der Waals surface area contributed by atoms with Gasteiger partial charge in [-0.1, -0.05) is 57.2 Å². The van der Waals surface area contributed by atoms with Crippen LogP contribution in [0.15, 0.2) is 128 Å². The Kier molecular flexibility index (Phi) is 8.80. The Hall–Kier alpha value is -5.10. The fraction of sp³-hybridized carbons (Fsp3) is 0.250. The van der Waals surface area contributed by atoms with Crippen molar-refractivity contribution in [3.63, 3.8) is 0 Å². The van der Waals surface area contributed by atoms with Gasteiger partial charge in [-0.05, 0) is 104 Å². The first-order valence-electron chi connectivity index (χ1n) is 15.9. The van der Waals surface area contributed by atoms with Crippen LogP contribution in [0.2, 0.25) is 0 Å². The van der Waals surface area contributed by atoms with E-state index in [9.17, 15) is 0 Å². The van der Waals surface area contributed by atoms with E-state index in [1.807, 2.05) is 73.3 Å². The molecular weight excluding hydrogens is 564 g/mol. The van der Waals surface area contributed by atoms with Gasteiger partial charge >= 0.3 is 0 Å². The molecule has 0 saturated heterocycles. The zero-order valence-electron chi connectivity index (χ0n) is 27.2. The molecule has 6 nitrogen and oxygen atoms in total. The standard InChI is InChI=1S/C40H40N6/c1-28(2)32-15-13-20-38(46-32)40(5,35-18-8-11-25-43-35)37-19-12-14-31(45-37)26-29(3)30-21-22-36(44-27-30)39(4,33-16-6-9-23-41-33)34-17-7-10-24-42-34/h6-25,27-29H,26H2,1-5H3. The topological polar surface area (TPSA) is 77.3 Å². The van der Waals surface area contributed by atoms with E-state index in [1.54, 1.807) is 0 Å². The molecule has 0 aromatic carbocycles. The summed E-state index contributed by atoms with van der Waals surface area (Å²) in [6.45, 7) is 10.9. The Bertz CT molecular complexity index is 1840. The van der Waals surface area contributed by atoms with Crippen molar-refractivity contribution in [1.29, 1.82) is 0 Å². The van der Waals surface area contributed by atoms with E-state index in [2.05, 4.69) is 89.2 Å². The number of hydrogen-bond donors (Lipinski definition) is 0. The Morgan fingerprint density at radius 1 is 0.500 bits per heavy atom. The van der Waals surface area contributed by atoms with E-state index in [4.69, 9.17) is 29.9 Å². The third-order valence-electron chi connectivity index (χ3n) is 9.11. The molecule has 6 heteroatoms. The van der Waals surface area contributed by atoms with E-state index < -0.39 is 10.8 Å². The molecule has 0 aliphatic carbocycles. The number of hydrogen-bond acceptors (Lipinski definition) is 6. The van der Waals surface area contributed by atoms with E-state index in [0.717, 1.165) is 57.5 Å². The van der Waals surface area contributed by atoms with Gasteiger partial charge in [-0.3, -0.25) is 29.9 Å². The molecule has 0 amide bonds. The van der Waals surface area contributed by atoms with Gasteiger partial charge in [-0.25, -0.2) is 0 Å². The molecule has 0 radical (unpaired) electrons. The summed E-state index contributed by atoms with van der Waals surface area (Å²) >= 11 is 0. The van der Waals surface area contributed by atoms with Crippen molar-refractivity contribution in [3.05, 3.63) is 179 Å². The highest BCUT2D eigenvalue weighted by Gasteiger charge is 2.37. The van der Waals surface area contributed by atoms with Crippen molar-refractivity contribution in [1.82, 2.24) is 29.9 Å². The Morgan fingerprint density at radius 2 is 1.00 bits per heavy atom. The normalized spacial score (nSPS) is 13.7. The summed E-state index contributed by atoms with van der Waals surface area (Å²) in [6.07, 6.45) is 8.25. The van der Waals surface area contributed by atoms with Crippen LogP contribution in [0.4, 0.5) is 0 Å². The summed E-state index contributed by atoms with van der Waals surface area (Å²) in [5.41, 5.74) is 7.54. The maximum atomic E-state index is 5.26. The van der Waals surface area contributed by atoms with Crippen LogP contribution in [0.25, 0.3) is 0 Å². The van der Waals surface area contributed by atoms with Gasteiger partial charge in [0.05, 0.1) is 45.0 Å². The van der Waals surface area contributed by atoms with Crippen LogP contribution in [0.5, 0.6) is 0 Å². The highest BCUT2D eigenvalue weighted by molar-refractivity contribution is 5.43. The van der Waals surface area contributed by atoms with E-state index in [0.29, 0.717) is 5.92 Å². The van der Waals surface area contributed by atoms with E-state index >= 15 is 0 Å². The molecular formula is C40H40N6. The lowest BCUT2D eigenvalue weighted by molar-refractivity contribution is 0.603. The zero-order chi connectivity index (χ0) is 32.1. The molecule has 0 fully saturated rings. The van der Waals surface area contributed by atoms with Crippen LogP contribution in [0.1, 0.15) is 97.6 Å². The first-order chi connectivity index (χ1) is 22.3. The summed E-state index contributed by atoms with van der Waals surface area (Å²) in [4.78, 5) is 29.6. The Morgan fingerprint density at radius 3 is 1.50 bits per heavy atom. The van der Waals surface area contributed by atoms with Crippen molar-refractivity contribution < 1.29 is 0 Å². The van der Waals surface area contributed by atoms with Crippen LogP contribution >= 0.6 is 0 Å². The van der Waals surface area contributed by atoms with Gasteiger partial charge in [0.1, 0.15) is 0 Å². The van der Waals surface area contributed by atoms with Crippen molar-refractivity contribution in [2.75, 3.05) is 0 Å². The summed E-state index contributed by atoms with van der Waals surface area (Å²) in [5, 5.41) is 0. The third kappa shape index (κ3) is 5.95. The minimum atomic E-state index is -0.615. The summed E-state index contributed by atoms with van der Waals surface area (Å²) < 4.78 is 0. The molecule has 0 bridgehead atoms. The van der Waals surface area contributed by atoms with Gasteiger partial charge in [0.15, 0.2) is 0 Å². The van der Waals surface area contributed by atoms with Gasteiger partial charge < -0.3 is 0 Å². The van der Waals surface area contributed by atoms with Crippen LogP contribution in [-0.4, -0.2) is 29.9 Å². The molecule has 230 valence electrons. The molecule has 0 spiro atoms. The SMILES string of the molecule is CC(C)c1cccc(C(C)(c2ccccn2)c2cccc(CC(C)c3ccc(C(C)(c4ccccn4)c4ccccn4)nc3)n2)n1. The Labute approximate surface area is 272 Å². The predicted molar refractivity (Wildman–Crippen MR) is 183 cm³/mol. The minimum absolute atomic E-state index is 0.198. The van der Waals surface area contributed by atoms with Gasteiger partial charge in [-0.2, -0.15) is 0 Å². The largest absolute Gasteiger partial charge is 0.260 e. The van der Waals surface area contributed by atoms with Crippen LogP contribution in [0, 0.1) is 0 Å². The average Bonchev–Trinajstić information content (AvgIpc) is 3.12. The average molecular weight is 605 g/mol. The first kappa shape index (κ1) is 30.9. The van der Waals surface area contributed by atoms with Gasteiger partial charge in [0.25, 0.3) is 0 Å². The molecule has 0 N–H and O–H groups in total. The lowest BCUT2D eigenvalue weighted by atomic mass is 9.78. The molecule has 0 aliphatic rings. The summed E-state index contributed by atoms with van der Waals surface area (Å²) in [6, 6.07) is 34.9. The molecule has 6 heterocycles. The molecule has 46 heavy (non-hydrogen) atoms. The van der Waals surface area contributed by atoms with Crippen LogP contribution in [-0.2, 0) is 17.3 Å². The molecule has 0 aliphatic heterocycles. The van der Waals surface area contributed by atoms with Gasteiger partial charge in [-0.15, -0.1) is 0 Å². The minimum Gasteiger partial charge on any atom is -0.260 e. The number of rotatable bonds is 10. The first-order valence-corrected chi connectivity index (χ1v) is 15.9. The lowest BCUT2D eigenvalue weighted by Gasteiger charge is -2.29. The van der Waals surface area contributed by atoms with Crippen LogP contribution in [0.3, 0.4) is 0 Å². The molecule has 6 rings (SSSR count). The maximum absolute atomic E-state index is 5.26. The zero-order valence-corrected chi connectivity index (χ0v) is 27.2. The van der Waals surface area contributed by atoms with E-state index in [-0.39, 0.29) is 5.92 Å². The number of nitrogens with zero attached hydrogens (tertiary/aromatic N) is 6. The van der Waals surface area contributed by atoms with Crippen molar-refractivity contribution in [3.8, 4) is 0 Å². The second kappa shape index (κ2) is 13.1. The quantitative estimate of drug-likeness (QED) is 0.157. The summed E-state index contributed by atoms with van der Waals surface area (Å²) in [5.74, 6) is 0.516. The summed E-state index contributed by atoms with van der Waals surface area (Å²) in [7, 11) is 0. The maximum Gasteiger partial charge on any atom is 0.0939 e. The lowest BCUT2D eigenvalue weighted by Crippen LogP contribution is -2.30. The van der Waals surface area contributed by atoms with Gasteiger partial charge in [0.2, 0.25) is 0 Å². The molecule has 0 saturated carbocycles. The third-order valence-corrected chi connectivity index (χ3v) is 9.11. The van der Waals surface area contributed by atoms with Crippen molar-refractivity contribution in [2.45, 2.75) is 63.7 Å². The Balaban J connectivity index is 1.31. The van der Waals surface area contributed by atoms with Gasteiger partial charge in [0, 0.05) is 36.2 Å². The fourth-order valence-corrected chi connectivity index (χ4v) is 6.11. The van der Waals surface area contributed by atoms with E-state index in [1.165, 1.54) is 0 Å². The highest BCUT2D eigenvalue weighted by Crippen LogP contribution is 2.38. The molecule has 6 aromatic heterocycles. The molecule has 2 atom stereocenters. The van der Waals surface area contributed by atoms with Crippen molar-refractivity contribution >= 4 is 0 Å². The smallest absolute Gasteiger partial charge is 0.0939 e. The van der Waals surface area contributed by atoms with Crippen LogP contribution < -0.4 is 0 Å². The second-order valence-electron chi connectivity index (χ2n) is 12.6. The fourth-order valence-electron chi connectivity index (χ4n) is 6.11. The monoisotopic (exact) mass is 604 g/mol. The molecule has 6 aromatic rings. The number of aromatic nitrogens is 6. The highest BCUT2D eigenvalue weighted by atomic mass is 14.8. The predicted octanol–water partition coefficient (Wildman–Crippen LogP) is 8.23. The number of pyridine rings is 6.